The van der Waals surface area contributed by atoms with Crippen molar-refractivity contribution in [3.63, 3.8) is 0 Å². The van der Waals surface area contributed by atoms with Crippen molar-refractivity contribution in [1.29, 1.82) is 0 Å². The van der Waals surface area contributed by atoms with E-state index in [9.17, 15) is 4.79 Å². The highest BCUT2D eigenvalue weighted by molar-refractivity contribution is 14.0. The number of anilines is 1. The number of guanidine groups is 1. The van der Waals surface area contributed by atoms with Crippen LogP contribution in [0.3, 0.4) is 0 Å². The van der Waals surface area contributed by atoms with Gasteiger partial charge in [-0.15, -0.1) is 24.0 Å². The number of ether oxygens (including phenoxy) is 2. The Kier molecular flexibility index (Phi) is 8.22. The number of fused-ring (bicyclic) bond motifs is 2. The molecule has 2 unspecified atom stereocenters. The number of rotatable bonds is 6. The second-order valence-corrected chi connectivity index (χ2v) is 7.98. The molecule has 7 nitrogen and oxygen atoms in total. The lowest BCUT2D eigenvalue weighted by Gasteiger charge is -2.26. The quantitative estimate of drug-likeness (QED) is 0.290. The third-order valence-corrected chi connectivity index (χ3v) is 5.67. The van der Waals surface area contributed by atoms with Gasteiger partial charge in [0.05, 0.1) is 6.61 Å². The van der Waals surface area contributed by atoms with Gasteiger partial charge in [0.2, 0.25) is 5.91 Å². The molecule has 3 N–H and O–H groups in total. The first kappa shape index (κ1) is 24.2. The summed E-state index contributed by atoms with van der Waals surface area (Å²) in [5, 5.41) is 9.67. The lowest BCUT2D eigenvalue weighted by molar-refractivity contribution is -0.116. The van der Waals surface area contributed by atoms with Gasteiger partial charge in [-0.2, -0.15) is 0 Å². The zero-order valence-electron chi connectivity index (χ0n) is 18.7. The molecule has 2 aliphatic rings. The van der Waals surface area contributed by atoms with Crippen LogP contribution < -0.4 is 25.4 Å². The normalized spacial score (nSPS) is 19.1. The van der Waals surface area contributed by atoms with Gasteiger partial charge >= 0.3 is 0 Å². The van der Waals surface area contributed by atoms with Crippen LogP contribution in [-0.2, 0) is 17.8 Å². The third kappa shape index (κ3) is 5.46. The second-order valence-electron chi connectivity index (χ2n) is 7.98. The Labute approximate surface area is 206 Å². The highest BCUT2D eigenvalue weighted by Gasteiger charge is 2.25. The number of hydrogen-bond donors (Lipinski definition) is 3. The molecule has 0 radical (unpaired) electrons. The Morgan fingerprint density at radius 2 is 2.06 bits per heavy atom. The molecular formula is C24H31IN4O3. The molecular weight excluding hydrogens is 519 g/mol. The van der Waals surface area contributed by atoms with Crippen LogP contribution in [0.5, 0.6) is 11.5 Å². The fourth-order valence-electron chi connectivity index (χ4n) is 4.21. The van der Waals surface area contributed by atoms with Gasteiger partial charge in [-0.05, 0) is 37.6 Å². The van der Waals surface area contributed by atoms with E-state index in [4.69, 9.17) is 9.47 Å². The number of para-hydroxylation sites is 1. The first-order valence-corrected chi connectivity index (χ1v) is 10.9. The summed E-state index contributed by atoms with van der Waals surface area (Å²) in [7, 11) is 1.74. The van der Waals surface area contributed by atoms with Crippen molar-refractivity contribution >= 4 is 41.5 Å². The Balaban J connectivity index is 0.00000289. The zero-order valence-corrected chi connectivity index (χ0v) is 21.1. The molecule has 2 aliphatic heterocycles. The smallest absolute Gasteiger partial charge is 0.225 e. The maximum absolute atomic E-state index is 12.1. The summed E-state index contributed by atoms with van der Waals surface area (Å²) in [5.74, 6) is 2.63. The van der Waals surface area contributed by atoms with E-state index in [0.29, 0.717) is 32.1 Å². The van der Waals surface area contributed by atoms with Crippen molar-refractivity contribution in [2.45, 2.75) is 45.3 Å². The summed E-state index contributed by atoms with van der Waals surface area (Å²) in [6, 6.07) is 12.1. The SMILES string of the molecule is CCOc1cc2c(cc1CNC(=NC)NCC1CC(=O)Nc3ccccc31)OC(C)C2.I. The van der Waals surface area contributed by atoms with Crippen LogP contribution >= 0.6 is 24.0 Å². The van der Waals surface area contributed by atoms with Crippen LogP contribution in [0, 0.1) is 0 Å². The monoisotopic (exact) mass is 550 g/mol. The Bertz CT molecular complexity index is 995. The van der Waals surface area contributed by atoms with E-state index >= 15 is 0 Å². The summed E-state index contributed by atoms with van der Waals surface area (Å²) in [6.45, 7) is 5.85. The number of carbonyl (C=O) groups is 1. The fraction of sp³-hybridized carbons (Fsp3) is 0.417. The number of carbonyl (C=O) groups excluding carboxylic acids is 1. The summed E-state index contributed by atoms with van der Waals surface area (Å²) in [5.41, 5.74) is 4.26. The fourth-order valence-corrected chi connectivity index (χ4v) is 4.21. The highest BCUT2D eigenvalue weighted by Crippen LogP contribution is 2.35. The van der Waals surface area contributed by atoms with E-state index in [2.05, 4.69) is 46.1 Å². The molecule has 2 heterocycles. The van der Waals surface area contributed by atoms with E-state index in [1.165, 1.54) is 5.56 Å². The van der Waals surface area contributed by atoms with Crippen LogP contribution in [0.2, 0.25) is 0 Å². The maximum atomic E-state index is 12.1. The molecule has 0 aliphatic carbocycles. The molecule has 172 valence electrons. The van der Waals surface area contributed by atoms with Crippen molar-refractivity contribution in [2.24, 2.45) is 4.99 Å². The van der Waals surface area contributed by atoms with Crippen molar-refractivity contribution in [2.75, 3.05) is 25.5 Å². The summed E-state index contributed by atoms with van der Waals surface area (Å²) in [6.07, 6.45) is 1.55. The van der Waals surface area contributed by atoms with Crippen LogP contribution in [0.15, 0.2) is 41.4 Å². The number of halogens is 1. The van der Waals surface area contributed by atoms with E-state index in [-0.39, 0.29) is 41.9 Å². The number of amides is 1. The predicted octanol–water partition coefficient (Wildman–Crippen LogP) is 3.82. The van der Waals surface area contributed by atoms with Gasteiger partial charge in [0.1, 0.15) is 17.6 Å². The molecule has 2 aromatic rings. The minimum absolute atomic E-state index is 0. The van der Waals surface area contributed by atoms with Gasteiger partial charge in [0.25, 0.3) is 0 Å². The molecule has 4 rings (SSSR count). The molecule has 0 bridgehead atoms. The number of nitrogens with one attached hydrogen (secondary N) is 3. The Morgan fingerprint density at radius 3 is 2.84 bits per heavy atom. The Morgan fingerprint density at radius 1 is 1.25 bits per heavy atom. The van der Waals surface area contributed by atoms with Crippen molar-refractivity contribution in [1.82, 2.24) is 10.6 Å². The standard InChI is InChI=1S/C24H30N4O3.HI/c1-4-30-21-10-16-9-15(2)31-22(16)11-18(21)14-27-24(25-3)26-13-17-12-23(29)28-20-8-6-5-7-19(17)20;/h5-8,10-11,15,17H,4,9,12-14H2,1-3H3,(H,28,29)(H2,25,26,27);1H. The van der Waals surface area contributed by atoms with Gasteiger partial charge < -0.3 is 25.4 Å². The molecule has 2 aromatic carbocycles. The average molecular weight is 550 g/mol. The van der Waals surface area contributed by atoms with Crippen LogP contribution in [0.4, 0.5) is 5.69 Å². The van der Waals surface area contributed by atoms with E-state index < -0.39 is 0 Å². The number of benzene rings is 2. The van der Waals surface area contributed by atoms with Crippen LogP contribution in [0.25, 0.3) is 0 Å². The third-order valence-electron chi connectivity index (χ3n) is 5.67. The van der Waals surface area contributed by atoms with E-state index in [0.717, 1.165) is 34.7 Å². The maximum Gasteiger partial charge on any atom is 0.225 e. The average Bonchev–Trinajstić information content (AvgIpc) is 3.12. The lowest BCUT2D eigenvalue weighted by Crippen LogP contribution is -2.40. The molecule has 0 saturated carbocycles. The number of nitrogens with zero attached hydrogens (tertiary/aromatic N) is 1. The summed E-state index contributed by atoms with van der Waals surface area (Å²) < 4.78 is 11.8. The first-order valence-electron chi connectivity index (χ1n) is 10.9. The highest BCUT2D eigenvalue weighted by atomic mass is 127. The van der Waals surface area contributed by atoms with Crippen molar-refractivity contribution in [3.8, 4) is 11.5 Å². The Hall–Kier alpha value is -2.49. The molecule has 32 heavy (non-hydrogen) atoms. The summed E-state index contributed by atoms with van der Waals surface area (Å²) >= 11 is 0. The molecule has 0 aromatic heterocycles. The van der Waals surface area contributed by atoms with Crippen LogP contribution in [0.1, 0.15) is 42.9 Å². The van der Waals surface area contributed by atoms with Gasteiger partial charge in [-0.3, -0.25) is 9.79 Å². The van der Waals surface area contributed by atoms with Gasteiger partial charge in [-0.1, -0.05) is 18.2 Å². The molecule has 2 atom stereocenters. The molecule has 8 heteroatoms. The molecule has 0 fully saturated rings. The number of hydrogen-bond acceptors (Lipinski definition) is 4. The van der Waals surface area contributed by atoms with Crippen molar-refractivity contribution in [3.05, 3.63) is 53.1 Å². The van der Waals surface area contributed by atoms with Crippen molar-refractivity contribution < 1.29 is 14.3 Å². The largest absolute Gasteiger partial charge is 0.494 e. The lowest BCUT2D eigenvalue weighted by atomic mass is 9.90. The van der Waals surface area contributed by atoms with Gasteiger partial charge in [-0.25, -0.2) is 0 Å². The van der Waals surface area contributed by atoms with E-state index in [1.54, 1.807) is 7.05 Å². The predicted molar refractivity (Wildman–Crippen MR) is 137 cm³/mol. The minimum Gasteiger partial charge on any atom is -0.494 e. The van der Waals surface area contributed by atoms with Gasteiger partial charge in [0.15, 0.2) is 5.96 Å². The number of aliphatic imine (C=N–C) groups is 1. The minimum atomic E-state index is 0. The molecule has 0 spiro atoms. The molecule has 0 saturated heterocycles. The van der Waals surface area contributed by atoms with E-state index in [1.807, 2.05) is 25.1 Å². The summed E-state index contributed by atoms with van der Waals surface area (Å²) in [4.78, 5) is 16.4. The van der Waals surface area contributed by atoms with Gasteiger partial charge in [0, 0.05) is 55.7 Å². The first-order chi connectivity index (χ1) is 15.1. The topological polar surface area (TPSA) is 84.0 Å². The van der Waals surface area contributed by atoms with Crippen LogP contribution in [-0.4, -0.2) is 38.2 Å². The second kappa shape index (κ2) is 10.9. The molecule has 1 amide bonds. The zero-order chi connectivity index (χ0) is 21.8.